The van der Waals surface area contributed by atoms with E-state index in [1.165, 1.54) is 7.11 Å². The third-order valence-electron chi connectivity index (χ3n) is 2.35. The molecule has 0 bridgehead atoms. The zero-order valence-corrected chi connectivity index (χ0v) is 10.8. The topological polar surface area (TPSA) is 64.1 Å². The highest BCUT2D eigenvalue weighted by Gasteiger charge is 2.16. The van der Waals surface area contributed by atoms with Crippen LogP contribution in [0.5, 0.6) is 0 Å². The predicted octanol–water partition coefficient (Wildman–Crippen LogP) is 2.32. The molecule has 0 aliphatic heterocycles. The third-order valence-corrected chi connectivity index (χ3v) is 3.21. The van der Waals surface area contributed by atoms with E-state index in [2.05, 4.69) is 14.1 Å². The Labute approximate surface area is 107 Å². The van der Waals surface area contributed by atoms with Gasteiger partial charge in [-0.25, -0.2) is 0 Å². The number of rotatable bonds is 3. The van der Waals surface area contributed by atoms with Crippen molar-refractivity contribution in [3.63, 3.8) is 0 Å². The van der Waals surface area contributed by atoms with E-state index >= 15 is 0 Å². The molecular formula is C10H10ClN3O2S. The Kier molecular flexibility index (Phi) is 3.56. The number of nitrogens with zero attached hydrogens (tertiary/aromatic N) is 2. The van der Waals surface area contributed by atoms with Gasteiger partial charge in [-0.05, 0) is 19.1 Å². The predicted molar refractivity (Wildman–Crippen MR) is 67.5 cm³/mol. The fraction of sp³-hybridized carbons (Fsp3) is 0.300. The average molecular weight is 272 g/mol. The fourth-order valence-electron chi connectivity index (χ4n) is 1.28. The average Bonchev–Trinajstić information content (AvgIpc) is 2.80. The summed E-state index contributed by atoms with van der Waals surface area (Å²) in [6.45, 7) is 1.66. The van der Waals surface area contributed by atoms with Gasteiger partial charge in [-0.2, -0.15) is 8.75 Å². The summed E-state index contributed by atoms with van der Waals surface area (Å²) in [5, 5.41) is 3.13. The third kappa shape index (κ3) is 2.38. The van der Waals surface area contributed by atoms with E-state index < -0.39 is 6.10 Å². The molecule has 1 aromatic heterocycles. The molecule has 0 fully saturated rings. The van der Waals surface area contributed by atoms with E-state index in [0.29, 0.717) is 21.7 Å². The molecule has 0 spiro atoms. The number of fused-ring (bicyclic) bond motifs is 1. The van der Waals surface area contributed by atoms with E-state index in [0.717, 1.165) is 11.7 Å². The molecule has 5 nitrogen and oxygen atoms in total. The van der Waals surface area contributed by atoms with E-state index in [1.807, 2.05) is 0 Å². The number of hydrogen-bond acceptors (Lipinski definition) is 5. The highest BCUT2D eigenvalue weighted by Crippen LogP contribution is 2.29. The summed E-state index contributed by atoms with van der Waals surface area (Å²) < 4.78 is 13.1. The van der Waals surface area contributed by atoms with Crippen molar-refractivity contribution < 1.29 is 9.53 Å². The number of anilines is 1. The quantitative estimate of drug-likeness (QED) is 0.930. The summed E-state index contributed by atoms with van der Waals surface area (Å²) >= 11 is 7.11. The Balaban J connectivity index is 2.37. The van der Waals surface area contributed by atoms with Gasteiger partial charge in [0.2, 0.25) is 0 Å². The Bertz CT molecular complexity index is 557. The number of ether oxygens (including phenoxy) is 1. The molecule has 2 rings (SSSR count). The van der Waals surface area contributed by atoms with Crippen LogP contribution >= 0.6 is 23.3 Å². The maximum Gasteiger partial charge on any atom is 0.253 e. The second-order valence-electron chi connectivity index (χ2n) is 3.42. The number of aromatic nitrogens is 2. The Morgan fingerprint density at radius 2 is 2.29 bits per heavy atom. The van der Waals surface area contributed by atoms with Gasteiger partial charge >= 0.3 is 0 Å². The lowest BCUT2D eigenvalue weighted by molar-refractivity contribution is -0.124. The molecule has 2 aromatic rings. The standard InChI is InChI=1S/C10H10ClN3O2S/c1-5(16-2)10(15)12-8-6(11)3-4-7-9(8)14-17-13-7/h3-5H,1-2H3,(H,12,15)/t5-/m1/s1. The van der Waals surface area contributed by atoms with Gasteiger partial charge in [-0.1, -0.05) is 11.6 Å². The first kappa shape index (κ1) is 12.2. The van der Waals surface area contributed by atoms with Crippen LogP contribution in [0.4, 0.5) is 5.69 Å². The minimum absolute atomic E-state index is 0.269. The molecule has 17 heavy (non-hydrogen) atoms. The van der Waals surface area contributed by atoms with Gasteiger partial charge < -0.3 is 10.1 Å². The second kappa shape index (κ2) is 4.95. The van der Waals surface area contributed by atoms with Gasteiger partial charge in [-0.15, -0.1) is 0 Å². The highest BCUT2D eigenvalue weighted by molar-refractivity contribution is 7.00. The maximum atomic E-state index is 11.7. The van der Waals surface area contributed by atoms with Crippen molar-refractivity contribution in [2.45, 2.75) is 13.0 Å². The molecule has 7 heteroatoms. The molecule has 0 saturated heterocycles. The first-order valence-corrected chi connectivity index (χ1v) is 5.98. The minimum Gasteiger partial charge on any atom is -0.372 e. The van der Waals surface area contributed by atoms with E-state index in [4.69, 9.17) is 16.3 Å². The van der Waals surface area contributed by atoms with Gasteiger partial charge in [0.15, 0.2) is 0 Å². The summed E-state index contributed by atoms with van der Waals surface area (Å²) in [6, 6.07) is 3.44. The van der Waals surface area contributed by atoms with Crippen LogP contribution < -0.4 is 5.32 Å². The Morgan fingerprint density at radius 1 is 1.53 bits per heavy atom. The number of benzene rings is 1. The normalized spacial score (nSPS) is 12.6. The lowest BCUT2D eigenvalue weighted by Crippen LogP contribution is -2.26. The van der Waals surface area contributed by atoms with E-state index in [1.54, 1.807) is 19.1 Å². The van der Waals surface area contributed by atoms with Crippen LogP contribution in [0.25, 0.3) is 11.0 Å². The van der Waals surface area contributed by atoms with Crippen LogP contribution in [0.3, 0.4) is 0 Å². The molecule has 1 heterocycles. The molecule has 0 aliphatic rings. The molecule has 0 saturated carbocycles. The van der Waals surface area contributed by atoms with Gasteiger partial charge in [0.1, 0.15) is 17.1 Å². The van der Waals surface area contributed by atoms with Crippen LogP contribution in [0.2, 0.25) is 5.02 Å². The van der Waals surface area contributed by atoms with Crippen LogP contribution in [-0.4, -0.2) is 27.9 Å². The largest absolute Gasteiger partial charge is 0.372 e. The van der Waals surface area contributed by atoms with Crippen molar-refractivity contribution in [3.05, 3.63) is 17.2 Å². The Morgan fingerprint density at radius 3 is 3.00 bits per heavy atom. The molecule has 0 radical (unpaired) electrons. The molecule has 1 aromatic carbocycles. The maximum absolute atomic E-state index is 11.7. The first-order valence-electron chi connectivity index (χ1n) is 4.88. The molecular weight excluding hydrogens is 262 g/mol. The zero-order valence-electron chi connectivity index (χ0n) is 9.23. The monoisotopic (exact) mass is 271 g/mol. The first-order chi connectivity index (χ1) is 8.13. The number of carbonyl (C=O) groups is 1. The molecule has 90 valence electrons. The summed E-state index contributed by atoms with van der Waals surface area (Å²) in [6.07, 6.45) is -0.548. The summed E-state index contributed by atoms with van der Waals surface area (Å²) in [5.41, 5.74) is 1.78. The van der Waals surface area contributed by atoms with Crippen LogP contribution in [0.15, 0.2) is 12.1 Å². The number of nitrogens with one attached hydrogen (secondary N) is 1. The molecule has 1 atom stereocenters. The van der Waals surface area contributed by atoms with Crippen LogP contribution in [0, 0.1) is 0 Å². The fourth-order valence-corrected chi connectivity index (χ4v) is 2.02. The number of halogens is 1. The SMILES string of the molecule is CO[C@H](C)C(=O)Nc1c(Cl)ccc2nsnc12. The summed E-state index contributed by atoms with van der Waals surface area (Å²) in [7, 11) is 1.47. The molecule has 1 amide bonds. The molecule has 0 aliphatic carbocycles. The lowest BCUT2D eigenvalue weighted by atomic mass is 10.2. The van der Waals surface area contributed by atoms with Crippen molar-refractivity contribution >= 4 is 46.0 Å². The number of carbonyl (C=O) groups excluding carboxylic acids is 1. The van der Waals surface area contributed by atoms with Gasteiger partial charge in [0.25, 0.3) is 5.91 Å². The van der Waals surface area contributed by atoms with E-state index in [9.17, 15) is 4.79 Å². The van der Waals surface area contributed by atoms with Crippen molar-refractivity contribution in [2.75, 3.05) is 12.4 Å². The highest BCUT2D eigenvalue weighted by atomic mass is 35.5. The smallest absolute Gasteiger partial charge is 0.253 e. The zero-order chi connectivity index (χ0) is 12.4. The van der Waals surface area contributed by atoms with Gasteiger partial charge in [0.05, 0.1) is 22.4 Å². The molecule has 1 N–H and O–H groups in total. The summed E-state index contributed by atoms with van der Waals surface area (Å²) in [5.74, 6) is -0.269. The van der Waals surface area contributed by atoms with Crippen molar-refractivity contribution in [2.24, 2.45) is 0 Å². The van der Waals surface area contributed by atoms with Crippen molar-refractivity contribution in [3.8, 4) is 0 Å². The van der Waals surface area contributed by atoms with Crippen molar-refractivity contribution in [1.29, 1.82) is 0 Å². The number of amides is 1. The van der Waals surface area contributed by atoms with Crippen molar-refractivity contribution in [1.82, 2.24) is 8.75 Å². The molecule has 0 unspecified atom stereocenters. The van der Waals surface area contributed by atoms with Gasteiger partial charge in [-0.3, -0.25) is 4.79 Å². The lowest BCUT2D eigenvalue weighted by Gasteiger charge is -2.11. The van der Waals surface area contributed by atoms with Gasteiger partial charge in [0, 0.05) is 7.11 Å². The Hall–Kier alpha value is -1.24. The van der Waals surface area contributed by atoms with E-state index in [-0.39, 0.29) is 5.91 Å². The number of methoxy groups -OCH3 is 1. The minimum atomic E-state index is -0.548. The van der Waals surface area contributed by atoms with Crippen LogP contribution in [-0.2, 0) is 9.53 Å². The summed E-state index contributed by atoms with van der Waals surface area (Å²) in [4.78, 5) is 11.7. The second-order valence-corrected chi connectivity index (χ2v) is 4.36. The number of hydrogen-bond donors (Lipinski definition) is 1. The van der Waals surface area contributed by atoms with Crippen LogP contribution in [0.1, 0.15) is 6.92 Å².